The number of rotatable bonds is 2. The van der Waals surface area contributed by atoms with Crippen LogP contribution in [0.25, 0.3) is 0 Å². The zero-order valence-corrected chi connectivity index (χ0v) is 25.6. The first-order valence-electron chi connectivity index (χ1n) is 14.3. The molecule has 2 aromatic rings. The first-order valence-corrected chi connectivity index (χ1v) is 15.4. The lowest BCUT2D eigenvalue weighted by Crippen LogP contribution is -2.69. The number of nitriles is 1. The largest absolute Gasteiger partial charge is 0.504 e. The second kappa shape index (κ2) is 10.3. The van der Waals surface area contributed by atoms with Crippen molar-refractivity contribution in [2.24, 2.45) is 0 Å². The van der Waals surface area contributed by atoms with Gasteiger partial charge in [-0.05, 0) is 38.4 Å². The van der Waals surface area contributed by atoms with E-state index in [-0.39, 0.29) is 30.9 Å². The summed E-state index contributed by atoms with van der Waals surface area (Å²) >= 11 is 1.22. The van der Waals surface area contributed by atoms with E-state index in [1.807, 2.05) is 20.0 Å². The number of hydrogen-bond donors (Lipinski definition) is 1. The summed E-state index contributed by atoms with van der Waals surface area (Å²) in [5, 5.41) is 21.9. The minimum atomic E-state index is -0.949. The molecule has 5 heterocycles. The summed E-state index contributed by atoms with van der Waals surface area (Å²) < 4.78 is 29.0. The number of likely N-dealkylation sites (N-methyl/N-ethyl adjacent to an activating group) is 1. The Morgan fingerprint density at radius 1 is 1.14 bits per heavy atom. The summed E-state index contributed by atoms with van der Waals surface area (Å²) in [5.41, 5.74) is 4.16. The van der Waals surface area contributed by atoms with Gasteiger partial charge in [-0.15, -0.1) is 11.8 Å². The minimum absolute atomic E-state index is 0.0240. The Morgan fingerprint density at radius 2 is 1.89 bits per heavy atom. The zero-order chi connectivity index (χ0) is 31.2. The van der Waals surface area contributed by atoms with E-state index in [1.165, 1.54) is 25.8 Å². The van der Waals surface area contributed by atoms with Crippen LogP contribution in [0.4, 0.5) is 0 Å². The van der Waals surface area contributed by atoms with Gasteiger partial charge < -0.3 is 28.8 Å². The molecule has 0 aliphatic carbocycles. The van der Waals surface area contributed by atoms with Crippen molar-refractivity contribution in [2.75, 3.05) is 33.3 Å². The molecule has 230 valence electrons. The molecular weight excluding hydrogens is 590 g/mol. The normalized spacial score (nSPS) is 28.7. The van der Waals surface area contributed by atoms with Crippen LogP contribution in [-0.2, 0) is 25.5 Å². The summed E-state index contributed by atoms with van der Waals surface area (Å²) in [6.07, 6.45) is 0.488. The minimum Gasteiger partial charge on any atom is -0.504 e. The number of hydrogen-bond acceptors (Lipinski definition) is 13. The SMILES string of the molecule is COc1c(C)cc2c(c1O)[C@H]1[C@@H]3[C@@H]4SCC(=O)C(=O)OC[C@@H](c5c6c(c(C)c(OC(C)=O)c54)OCO6)N3[C@@H](C#N)[C@H](C2)N1C. The van der Waals surface area contributed by atoms with Gasteiger partial charge >= 0.3 is 11.9 Å². The van der Waals surface area contributed by atoms with Gasteiger partial charge in [0.1, 0.15) is 18.4 Å². The predicted octanol–water partition coefficient (Wildman–Crippen LogP) is 2.80. The van der Waals surface area contributed by atoms with Crippen molar-refractivity contribution in [3.63, 3.8) is 0 Å². The number of carbonyl (C=O) groups excluding carboxylic acids is 3. The fraction of sp³-hybridized carbons (Fsp3) is 0.484. The molecule has 2 aromatic carbocycles. The highest BCUT2D eigenvalue weighted by Crippen LogP contribution is 2.63. The van der Waals surface area contributed by atoms with Crippen LogP contribution < -0.4 is 18.9 Å². The standard InChI is InChI=1S/C31H31N3O9S/c1-12-6-15-7-16-17(8-32)34-18-9-40-31(38)19(36)10-44-30(24(34)23(33(16)4)20(15)25(37)26(12)39-5)22-21(18)29-28(41-11-42-29)13(2)27(22)43-14(3)35/h6,16-18,23-24,30,37H,7,9-11H2,1-5H3/t16-,17-,18-,23-,24+,30+/m0/s1. The van der Waals surface area contributed by atoms with Gasteiger partial charge in [0.25, 0.3) is 0 Å². The second-order valence-electron chi connectivity index (χ2n) is 11.8. The molecule has 5 aliphatic rings. The number of phenols is 1. The lowest BCUT2D eigenvalue weighted by Gasteiger charge is -2.61. The van der Waals surface area contributed by atoms with E-state index in [0.29, 0.717) is 51.7 Å². The van der Waals surface area contributed by atoms with E-state index in [4.69, 9.17) is 23.7 Å². The highest BCUT2D eigenvalue weighted by Gasteiger charge is 2.60. The Bertz CT molecular complexity index is 1690. The molecule has 44 heavy (non-hydrogen) atoms. The average Bonchev–Trinajstić information content (AvgIpc) is 3.47. The van der Waals surface area contributed by atoms with Gasteiger partial charge in [-0.25, -0.2) is 4.79 Å². The van der Waals surface area contributed by atoms with E-state index in [2.05, 4.69) is 15.9 Å². The van der Waals surface area contributed by atoms with Crippen molar-refractivity contribution in [1.82, 2.24) is 9.80 Å². The maximum atomic E-state index is 12.9. The van der Waals surface area contributed by atoms with E-state index in [0.717, 1.165) is 11.1 Å². The number of ketones is 1. The summed E-state index contributed by atoms with van der Waals surface area (Å²) in [7, 11) is 3.45. The van der Waals surface area contributed by atoms with Gasteiger partial charge in [-0.1, -0.05) is 6.07 Å². The molecule has 0 radical (unpaired) electrons. The number of carbonyl (C=O) groups is 3. The smallest absolute Gasteiger partial charge is 0.375 e. The predicted molar refractivity (Wildman–Crippen MR) is 155 cm³/mol. The molecule has 2 fully saturated rings. The third-order valence-corrected chi connectivity index (χ3v) is 10.8. The molecule has 6 atom stereocenters. The van der Waals surface area contributed by atoms with Crippen LogP contribution in [0.5, 0.6) is 28.7 Å². The summed E-state index contributed by atoms with van der Waals surface area (Å²) in [4.78, 5) is 42.3. The van der Waals surface area contributed by atoms with Crippen molar-refractivity contribution < 1.29 is 43.2 Å². The molecule has 7 rings (SSSR count). The van der Waals surface area contributed by atoms with E-state index < -0.39 is 47.1 Å². The molecule has 13 heteroatoms. The monoisotopic (exact) mass is 621 g/mol. The number of esters is 2. The van der Waals surface area contributed by atoms with Crippen LogP contribution in [0.3, 0.4) is 0 Å². The molecule has 0 spiro atoms. The maximum absolute atomic E-state index is 12.9. The van der Waals surface area contributed by atoms with Crippen LogP contribution in [0.2, 0.25) is 0 Å². The Hall–Kier alpha value is -3.99. The number of fused-ring (bicyclic) bond motifs is 9. The summed E-state index contributed by atoms with van der Waals surface area (Å²) in [6, 6.07) is 1.81. The number of thioether (sulfide) groups is 1. The molecule has 4 bridgehead atoms. The number of phenolic OH excluding ortho intramolecular Hbond substituents is 1. The molecule has 0 unspecified atom stereocenters. The number of aryl methyl sites for hydroxylation is 1. The third-order valence-electron chi connectivity index (χ3n) is 9.54. The number of piperazine rings is 1. The third kappa shape index (κ3) is 3.87. The van der Waals surface area contributed by atoms with E-state index >= 15 is 0 Å². The number of ether oxygens (including phenoxy) is 5. The summed E-state index contributed by atoms with van der Waals surface area (Å²) in [6.45, 7) is 4.65. The fourth-order valence-electron chi connectivity index (χ4n) is 7.90. The number of methoxy groups -OCH3 is 1. The van der Waals surface area contributed by atoms with Gasteiger partial charge in [0.15, 0.2) is 23.0 Å². The van der Waals surface area contributed by atoms with Gasteiger partial charge in [-0.3, -0.25) is 19.4 Å². The number of nitrogens with zero attached hydrogens (tertiary/aromatic N) is 3. The van der Waals surface area contributed by atoms with Crippen LogP contribution in [0, 0.1) is 25.2 Å². The number of benzene rings is 2. The number of aromatic hydroxyl groups is 1. The van der Waals surface area contributed by atoms with Gasteiger partial charge in [0.05, 0.1) is 36.3 Å². The van der Waals surface area contributed by atoms with Crippen molar-refractivity contribution in [3.05, 3.63) is 39.4 Å². The number of cyclic esters (lactones) is 1. The first-order chi connectivity index (χ1) is 21.1. The fourth-order valence-corrected chi connectivity index (χ4v) is 9.23. The van der Waals surface area contributed by atoms with Gasteiger partial charge in [-0.2, -0.15) is 5.26 Å². The van der Waals surface area contributed by atoms with Crippen molar-refractivity contribution in [1.29, 1.82) is 5.26 Å². The average molecular weight is 622 g/mol. The highest BCUT2D eigenvalue weighted by atomic mass is 32.2. The van der Waals surface area contributed by atoms with Crippen LogP contribution in [0.1, 0.15) is 57.6 Å². The Labute approximate surface area is 257 Å². The lowest BCUT2D eigenvalue weighted by molar-refractivity contribution is -0.157. The highest BCUT2D eigenvalue weighted by molar-refractivity contribution is 8.00. The van der Waals surface area contributed by atoms with Crippen molar-refractivity contribution in [3.8, 4) is 34.8 Å². The molecule has 0 amide bonds. The van der Waals surface area contributed by atoms with Crippen molar-refractivity contribution in [2.45, 2.75) is 62.7 Å². The Kier molecular flexibility index (Phi) is 6.73. The van der Waals surface area contributed by atoms with Crippen LogP contribution in [-0.4, -0.2) is 84.1 Å². The van der Waals surface area contributed by atoms with Crippen LogP contribution >= 0.6 is 11.8 Å². The first kappa shape index (κ1) is 28.8. The molecular formula is C31H31N3O9S. The van der Waals surface area contributed by atoms with Crippen LogP contribution in [0.15, 0.2) is 6.07 Å². The summed E-state index contributed by atoms with van der Waals surface area (Å²) in [5.74, 6) is -0.855. The molecule has 0 saturated carbocycles. The number of Topliss-reactive ketones (excluding diaryl/α,β-unsaturated/α-hetero) is 1. The molecule has 2 saturated heterocycles. The Morgan fingerprint density at radius 3 is 2.59 bits per heavy atom. The molecule has 1 N–H and O–H groups in total. The topological polar surface area (TPSA) is 148 Å². The van der Waals surface area contributed by atoms with Crippen molar-refractivity contribution >= 4 is 29.5 Å². The molecule has 12 nitrogen and oxygen atoms in total. The second-order valence-corrected chi connectivity index (χ2v) is 12.9. The lowest BCUT2D eigenvalue weighted by atomic mass is 9.71. The van der Waals surface area contributed by atoms with E-state index in [9.17, 15) is 24.8 Å². The molecule has 5 aliphatic heterocycles. The van der Waals surface area contributed by atoms with E-state index in [1.54, 1.807) is 6.92 Å². The van der Waals surface area contributed by atoms with Gasteiger partial charge in [0.2, 0.25) is 12.6 Å². The maximum Gasteiger partial charge on any atom is 0.375 e. The zero-order valence-electron chi connectivity index (χ0n) is 24.8. The van der Waals surface area contributed by atoms with Gasteiger partial charge in [0, 0.05) is 41.3 Å². The molecule has 0 aromatic heterocycles. The Balaban J connectivity index is 1.57. The quantitative estimate of drug-likeness (QED) is 0.298.